The molecule has 1 amide bonds. The van der Waals surface area contributed by atoms with Crippen molar-refractivity contribution in [1.82, 2.24) is 14.7 Å². The normalized spacial score (nSPS) is 17.3. The number of amides is 1. The number of fused-ring (bicyclic) bond motifs is 2. The standard InChI is InChI=1S/C19H21N3O2/c1-13(22-18(23)11-15-7-4-8-17(15)20-22)19(24)21-10-9-14-5-2-3-6-16(14)12-21/h2-3,5-6,11,13H,4,7-10,12H2,1H3/t13-/m1/s1. The first-order chi connectivity index (χ1) is 11.6. The zero-order chi connectivity index (χ0) is 16.7. The van der Waals surface area contributed by atoms with Crippen LogP contribution in [0.5, 0.6) is 0 Å². The second-order valence-corrected chi connectivity index (χ2v) is 6.71. The molecule has 0 unspecified atom stereocenters. The van der Waals surface area contributed by atoms with Crippen molar-refractivity contribution in [1.29, 1.82) is 0 Å². The number of benzene rings is 1. The van der Waals surface area contributed by atoms with Crippen LogP contribution in [0.25, 0.3) is 0 Å². The lowest BCUT2D eigenvalue weighted by Crippen LogP contribution is -2.42. The molecule has 1 aliphatic heterocycles. The third-order valence-electron chi connectivity index (χ3n) is 5.15. The minimum Gasteiger partial charge on any atom is -0.336 e. The Morgan fingerprint density at radius 3 is 2.75 bits per heavy atom. The molecule has 5 nitrogen and oxygen atoms in total. The van der Waals surface area contributed by atoms with Gasteiger partial charge in [-0.1, -0.05) is 24.3 Å². The number of rotatable bonds is 2. The van der Waals surface area contributed by atoms with Gasteiger partial charge in [-0.2, -0.15) is 5.10 Å². The summed E-state index contributed by atoms with van der Waals surface area (Å²) in [6.45, 7) is 3.08. The van der Waals surface area contributed by atoms with Gasteiger partial charge in [-0.3, -0.25) is 9.59 Å². The lowest BCUT2D eigenvalue weighted by atomic mass is 9.99. The number of aryl methyl sites for hydroxylation is 2. The predicted molar refractivity (Wildman–Crippen MR) is 90.8 cm³/mol. The molecule has 24 heavy (non-hydrogen) atoms. The third-order valence-corrected chi connectivity index (χ3v) is 5.15. The van der Waals surface area contributed by atoms with Crippen LogP contribution in [-0.2, 0) is 30.6 Å². The van der Waals surface area contributed by atoms with Gasteiger partial charge < -0.3 is 4.90 Å². The maximum atomic E-state index is 12.9. The second-order valence-electron chi connectivity index (χ2n) is 6.71. The number of carbonyl (C=O) groups is 1. The van der Waals surface area contributed by atoms with E-state index in [0.717, 1.165) is 36.9 Å². The fourth-order valence-corrected chi connectivity index (χ4v) is 3.75. The van der Waals surface area contributed by atoms with Crippen molar-refractivity contribution in [2.75, 3.05) is 6.54 Å². The Morgan fingerprint density at radius 2 is 1.92 bits per heavy atom. The van der Waals surface area contributed by atoms with E-state index in [1.54, 1.807) is 13.0 Å². The number of hydrogen-bond donors (Lipinski definition) is 0. The Kier molecular flexibility index (Phi) is 3.71. The summed E-state index contributed by atoms with van der Waals surface area (Å²) in [5, 5.41) is 4.47. The van der Waals surface area contributed by atoms with Gasteiger partial charge in [-0.25, -0.2) is 4.68 Å². The molecule has 2 aromatic rings. The topological polar surface area (TPSA) is 55.2 Å². The SMILES string of the molecule is C[C@H](C(=O)N1CCc2ccccc2C1)n1nc2c(cc1=O)CCC2. The summed E-state index contributed by atoms with van der Waals surface area (Å²) in [5.74, 6) is -0.0305. The van der Waals surface area contributed by atoms with E-state index in [2.05, 4.69) is 17.2 Å². The average molecular weight is 323 g/mol. The van der Waals surface area contributed by atoms with E-state index in [1.165, 1.54) is 15.8 Å². The zero-order valence-corrected chi connectivity index (χ0v) is 13.9. The first-order valence-corrected chi connectivity index (χ1v) is 8.60. The molecule has 0 radical (unpaired) electrons. The third kappa shape index (κ3) is 2.54. The van der Waals surface area contributed by atoms with Crippen LogP contribution in [0.4, 0.5) is 0 Å². The van der Waals surface area contributed by atoms with E-state index < -0.39 is 6.04 Å². The lowest BCUT2D eigenvalue weighted by molar-refractivity contribution is -0.135. The summed E-state index contributed by atoms with van der Waals surface area (Å²) < 4.78 is 1.37. The Hall–Kier alpha value is -2.43. The van der Waals surface area contributed by atoms with Crippen molar-refractivity contribution in [3.63, 3.8) is 0 Å². The number of hydrogen-bond acceptors (Lipinski definition) is 3. The van der Waals surface area contributed by atoms with Gasteiger partial charge in [0, 0.05) is 19.2 Å². The molecule has 1 aromatic carbocycles. The van der Waals surface area contributed by atoms with Gasteiger partial charge in [0.1, 0.15) is 6.04 Å². The fourth-order valence-electron chi connectivity index (χ4n) is 3.75. The van der Waals surface area contributed by atoms with Crippen LogP contribution in [0.3, 0.4) is 0 Å². The molecule has 0 N–H and O–H groups in total. The molecule has 0 saturated heterocycles. The van der Waals surface area contributed by atoms with E-state index in [4.69, 9.17) is 0 Å². The molecule has 2 heterocycles. The maximum Gasteiger partial charge on any atom is 0.267 e. The van der Waals surface area contributed by atoms with Crippen LogP contribution in [-0.4, -0.2) is 27.1 Å². The lowest BCUT2D eigenvalue weighted by Gasteiger charge is -2.31. The first-order valence-electron chi connectivity index (χ1n) is 8.60. The van der Waals surface area contributed by atoms with Crippen molar-refractivity contribution in [2.24, 2.45) is 0 Å². The van der Waals surface area contributed by atoms with Gasteiger partial charge in [0.25, 0.3) is 5.56 Å². The Balaban J connectivity index is 1.58. The molecule has 0 fully saturated rings. The summed E-state index contributed by atoms with van der Waals surface area (Å²) >= 11 is 0. The molecule has 1 atom stereocenters. The molecular formula is C19H21N3O2. The first kappa shape index (κ1) is 15.1. The highest BCUT2D eigenvalue weighted by Crippen LogP contribution is 2.22. The summed E-state index contributed by atoms with van der Waals surface area (Å²) in [6.07, 6.45) is 3.72. The van der Waals surface area contributed by atoms with Gasteiger partial charge >= 0.3 is 0 Å². The van der Waals surface area contributed by atoms with E-state index >= 15 is 0 Å². The molecule has 124 valence electrons. The van der Waals surface area contributed by atoms with Gasteiger partial charge in [0.15, 0.2) is 0 Å². The molecule has 0 saturated carbocycles. The number of nitrogens with zero attached hydrogens (tertiary/aromatic N) is 3. The Bertz CT molecular complexity index is 856. The molecule has 0 bridgehead atoms. The van der Waals surface area contributed by atoms with Gasteiger partial charge in [0.2, 0.25) is 5.91 Å². The molecule has 4 rings (SSSR count). The summed E-state index contributed by atoms with van der Waals surface area (Å²) in [7, 11) is 0. The van der Waals surface area contributed by atoms with Crippen LogP contribution in [0, 0.1) is 0 Å². The van der Waals surface area contributed by atoms with Gasteiger partial charge in [0.05, 0.1) is 5.69 Å². The van der Waals surface area contributed by atoms with Crippen LogP contribution in [0.1, 0.15) is 41.8 Å². The highest BCUT2D eigenvalue weighted by molar-refractivity contribution is 5.80. The smallest absolute Gasteiger partial charge is 0.267 e. The fraction of sp³-hybridized carbons (Fsp3) is 0.421. The quantitative estimate of drug-likeness (QED) is 0.848. The van der Waals surface area contributed by atoms with Crippen LogP contribution < -0.4 is 5.56 Å². The van der Waals surface area contributed by atoms with Crippen LogP contribution in [0.2, 0.25) is 0 Å². The number of aromatic nitrogens is 2. The van der Waals surface area contributed by atoms with E-state index in [1.807, 2.05) is 17.0 Å². The molecule has 5 heteroatoms. The van der Waals surface area contributed by atoms with Crippen molar-refractivity contribution < 1.29 is 4.79 Å². The predicted octanol–water partition coefficient (Wildman–Crippen LogP) is 1.88. The average Bonchev–Trinajstić information content (AvgIpc) is 3.06. The van der Waals surface area contributed by atoms with E-state index in [-0.39, 0.29) is 11.5 Å². The molecule has 1 aliphatic carbocycles. The zero-order valence-electron chi connectivity index (χ0n) is 13.9. The summed E-state index contributed by atoms with van der Waals surface area (Å²) in [4.78, 5) is 27.1. The monoisotopic (exact) mass is 323 g/mol. The van der Waals surface area contributed by atoms with Crippen molar-refractivity contribution >= 4 is 5.91 Å². The molecule has 2 aliphatic rings. The largest absolute Gasteiger partial charge is 0.336 e. The van der Waals surface area contributed by atoms with Gasteiger partial charge in [-0.05, 0) is 49.3 Å². The highest BCUT2D eigenvalue weighted by Gasteiger charge is 2.27. The Morgan fingerprint density at radius 1 is 1.12 bits per heavy atom. The van der Waals surface area contributed by atoms with E-state index in [0.29, 0.717) is 13.1 Å². The highest BCUT2D eigenvalue weighted by atomic mass is 16.2. The Labute approximate surface area is 140 Å². The maximum absolute atomic E-state index is 12.9. The molecular weight excluding hydrogens is 302 g/mol. The van der Waals surface area contributed by atoms with Crippen molar-refractivity contribution in [2.45, 2.75) is 45.2 Å². The minimum absolute atomic E-state index is 0.0305. The minimum atomic E-state index is -0.561. The molecule has 1 aromatic heterocycles. The van der Waals surface area contributed by atoms with Gasteiger partial charge in [-0.15, -0.1) is 0 Å². The second kappa shape index (κ2) is 5.89. The van der Waals surface area contributed by atoms with Crippen molar-refractivity contribution in [3.05, 3.63) is 63.1 Å². The van der Waals surface area contributed by atoms with Crippen molar-refractivity contribution in [3.8, 4) is 0 Å². The van der Waals surface area contributed by atoms with Crippen LogP contribution in [0.15, 0.2) is 35.1 Å². The van der Waals surface area contributed by atoms with Crippen LogP contribution >= 0.6 is 0 Å². The van der Waals surface area contributed by atoms with E-state index in [9.17, 15) is 9.59 Å². The molecule has 0 spiro atoms. The summed E-state index contributed by atoms with van der Waals surface area (Å²) in [6, 6.07) is 9.32. The summed E-state index contributed by atoms with van der Waals surface area (Å²) in [5.41, 5.74) is 4.34. The number of carbonyl (C=O) groups excluding carboxylic acids is 1.